The molecule has 0 saturated carbocycles. The van der Waals surface area contributed by atoms with Crippen molar-refractivity contribution in [3.8, 4) is 0 Å². The SMILES string of the molecule is CCC(CC)n1ccc(CN2CCC(O)C2)n1. The molecule has 1 N–H and O–H groups in total. The van der Waals surface area contributed by atoms with Gasteiger partial charge < -0.3 is 5.11 Å². The number of aromatic nitrogens is 2. The van der Waals surface area contributed by atoms with E-state index in [1.165, 1.54) is 0 Å². The fraction of sp³-hybridized carbons (Fsp3) is 0.769. The van der Waals surface area contributed by atoms with Gasteiger partial charge >= 0.3 is 0 Å². The maximum Gasteiger partial charge on any atom is 0.0764 e. The lowest BCUT2D eigenvalue weighted by Crippen LogP contribution is -2.22. The highest BCUT2D eigenvalue weighted by atomic mass is 16.3. The molecule has 4 nitrogen and oxygen atoms in total. The molecule has 0 amide bonds. The molecule has 1 atom stereocenters. The predicted octanol–water partition coefficient (Wildman–Crippen LogP) is 1.81. The zero-order valence-electron chi connectivity index (χ0n) is 10.8. The summed E-state index contributed by atoms with van der Waals surface area (Å²) in [5.74, 6) is 0. The minimum absolute atomic E-state index is 0.142. The van der Waals surface area contributed by atoms with Crippen LogP contribution in [0, 0.1) is 0 Å². The molecule has 1 aliphatic rings. The lowest BCUT2D eigenvalue weighted by Gasteiger charge is -2.14. The molecule has 1 unspecified atom stereocenters. The minimum atomic E-state index is -0.142. The normalized spacial score (nSPS) is 21.5. The van der Waals surface area contributed by atoms with Crippen molar-refractivity contribution in [1.29, 1.82) is 0 Å². The van der Waals surface area contributed by atoms with E-state index in [-0.39, 0.29) is 6.10 Å². The van der Waals surface area contributed by atoms with E-state index in [1.54, 1.807) is 0 Å². The topological polar surface area (TPSA) is 41.3 Å². The van der Waals surface area contributed by atoms with Crippen molar-refractivity contribution in [2.24, 2.45) is 0 Å². The summed E-state index contributed by atoms with van der Waals surface area (Å²) in [5, 5.41) is 14.1. The average Bonchev–Trinajstić information content (AvgIpc) is 2.91. The van der Waals surface area contributed by atoms with Crippen LogP contribution in [-0.2, 0) is 6.54 Å². The number of hydrogen-bond donors (Lipinski definition) is 1. The lowest BCUT2D eigenvalue weighted by atomic mass is 10.2. The summed E-state index contributed by atoms with van der Waals surface area (Å²) in [7, 11) is 0. The van der Waals surface area contributed by atoms with Gasteiger partial charge in [0.1, 0.15) is 0 Å². The first kappa shape index (κ1) is 12.6. The first-order valence-corrected chi connectivity index (χ1v) is 6.67. The lowest BCUT2D eigenvalue weighted by molar-refractivity contribution is 0.174. The zero-order valence-corrected chi connectivity index (χ0v) is 10.8. The molecular formula is C13H23N3O. The van der Waals surface area contributed by atoms with Gasteiger partial charge in [0.15, 0.2) is 0 Å². The van der Waals surface area contributed by atoms with E-state index < -0.39 is 0 Å². The molecule has 1 aromatic rings. The van der Waals surface area contributed by atoms with E-state index in [2.05, 4.69) is 40.8 Å². The van der Waals surface area contributed by atoms with Crippen LogP contribution in [0.2, 0.25) is 0 Å². The molecule has 17 heavy (non-hydrogen) atoms. The minimum Gasteiger partial charge on any atom is -0.392 e. The Hall–Kier alpha value is -0.870. The van der Waals surface area contributed by atoms with Crippen molar-refractivity contribution >= 4 is 0 Å². The highest BCUT2D eigenvalue weighted by molar-refractivity contribution is 5.00. The summed E-state index contributed by atoms with van der Waals surface area (Å²) in [6.45, 7) is 7.04. The third-order valence-electron chi connectivity index (χ3n) is 3.61. The maximum atomic E-state index is 9.48. The Morgan fingerprint density at radius 1 is 1.47 bits per heavy atom. The largest absolute Gasteiger partial charge is 0.392 e. The van der Waals surface area contributed by atoms with Crippen LogP contribution in [0.4, 0.5) is 0 Å². The molecule has 1 aliphatic heterocycles. The van der Waals surface area contributed by atoms with Crippen LogP contribution in [0.5, 0.6) is 0 Å². The van der Waals surface area contributed by atoms with E-state index in [9.17, 15) is 5.11 Å². The van der Waals surface area contributed by atoms with E-state index in [4.69, 9.17) is 0 Å². The third kappa shape index (κ3) is 3.07. The van der Waals surface area contributed by atoms with E-state index in [0.717, 1.165) is 44.6 Å². The Labute approximate surface area is 103 Å². The Morgan fingerprint density at radius 2 is 2.24 bits per heavy atom. The van der Waals surface area contributed by atoms with Gasteiger partial charge in [0.05, 0.1) is 17.8 Å². The summed E-state index contributed by atoms with van der Waals surface area (Å²) in [4.78, 5) is 2.27. The van der Waals surface area contributed by atoms with Crippen LogP contribution >= 0.6 is 0 Å². The monoisotopic (exact) mass is 237 g/mol. The molecule has 0 radical (unpaired) electrons. The Kier molecular flexibility index (Phi) is 4.18. The fourth-order valence-electron chi connectivity index (χ4n) is 2.51. The van der Waals surface area contributed by atoms with Crippen LogP contribution in [0.15, 0.2) is 12.3 Å². The first-order valence-electron chi connectivity index (χ1n) is 6.67. The Bertz CT molecular complexity index is 346. The van der Waals surface area contributed by atoms with Crippen molar-refractivity contribution in [2.45, 2.75) is 51.8 Å². The van der Waals surface area contributed by atoms with Crippen molar-refractivity contribution in [3.05, 3.63) is 18.0 Å². The molecule has 0 aromatic carbocycles. The number of aliphatic hydroxyl groups excluding tert-OH is 1. The van der Waals surface area contributed by atoms with Gasteiger partial charge in [0.25, 0.3) is 0 Å². The standard InChI is InChI=1S/C13H23N3O/c1-3-12(4-2)16-8-5-11(14-16)9-15-7-6-13(17)10-15/h5,8,12-13,17H,3-4,6-7,9-10H2,1-2H3. The van der Waals surface area contributed by atoms with Gasteiger partial charge in [-0.3, -0.25) is 9.58 Å². The predicted molar refractivity (Wildman–Crippen MR) is 67.7 cm³/mol. The van der Waals surface area contributed by atoms with Crippen LogP contribution in [0.1, 0.15) is 44.8 Å². The molecule has 1 fully saturated rings. The number of likely N-dealkylation sites (tertiary alicyclic amines) is 1. The summed E-state index contributed by atoms with van der Waals surface area (Å²) in [6.07, 6.45) is 5.09. The first-order chi connectivity index (χ1) is 8.22. The summed E-state index contributed by atoms with van der Waals surface area (Å²) >= 11 is 0. The van der Waals surface area contributed by atoms with E-state index in [1.807, 2.05) is 0 Å². The number of aliphatic hydroxyl groups is 1. The maximum absolute atomic E-state index is 9.48. The number of nitrogens with zero attached hydrogens (tertiary/aromatic N) is 3. The van der Waals surface area contributed by atoms with Gasteiger partial charge in [-0.2, -0.15) is 5.10 Å². The molecule has 0 bridgehead atoms. The van der Waals surface area contributed by atoms with Gasteiger partial charge in [-0.25, -0.2) is 0 Å². The molecular weight excluding hydrogens is 214 g/mol. The second-order valence-corrected chi connectivity index (χ2v) is 4.94. The fourth-order valence-corrected chi connectivity index (χ4v) is 2.51. The number of rotatable bonds is 5. The van der Waals surface area contributed by atoms with Crippen molar-refractivity contribution in [2.75, 3.05) is 13.1 Å². The van der Waals surface area contributed by atoms with Crippen LogP contribution in [0.25, 0.3) is 0 Å². The van der Waals surface area contributed by atoms with Gasteiger partial charge in [0.2, 0.25) is 0 Å². The molecule has 0 aliphatic carbocycles. The molecule has 2 heterocycles. The highest BCUT2D eigenvalue weighted by Gasteiger charge is 2.20. The van der Waals surface area contributed by atoms with Gasteiger partial charge in [-0.1, -0.05) is 13.8 Å². The summed E-state index contributed by atoms with van der Waals surface area (Å²) in [5.41, 5.74) is 1.12. The van der Waals surface area contributed by atoms with Crippen LogP contribution < -0.4 is 0 Å². The van der Waals surface area contributed by atoms with E-state index >= 15 is 0 Å². The van der Waals surface area contributed by atoms with Gasteiger partial charge in [-0.15, -0.1) is 0 Å². The number of β-amino-alcohol motifs (C(OH)–C–C–N with tert-alkyl or cyclic N) is 1. The second-order valence-electron chi connectivity index (χ2n) is 4.94. The third-order valence-corrected chi connectivity index (χ3v) is 3.61. The second kappa shape index (κ2) is 5.65. The summed E-state index contributed by atoms with van der Waals surface area (Å²) < 4.78 is 2.09. The molecule has 96 valence electrons. The summed E-state index contributed by atoms with van der Waals surface area (Å²) in [6, 6.07) is 2.62. The van der Waals surface area contributed by atoms with Crippen molar-refractivity contribution < 1.29 is 5.11 Å². The molecule has 2 rings (SSSR count). The highest BCUT2D eigenvalue weighted by Crippen LogP contribution is 2.16. The average molecular weight is 237 g/mol. The van der Waals surface area contributed by atoms with Crippen molar-refractivity contribution in [3.63, 3.8) is 0 Å². The molecule has 4 heteroatoms. The van der Waals surface area contributed by atoms with Gasteiger partial charge in [-0.05, 0) is 25.3 Å². The quantitative estimate of drug-likeness (QED) is 0.849. The van der Waals surface area contributed by atoms with Crippen molar-refractivity contribution in [1.82, 2.24) is 14.7 Å². The molecule has 1 saturated heterocycles. The smallest absolute Gasteiger partial charge is 0.0764 e. The zero-order chi connectivity index (χ0) is 12.3. The van der Waals surface area contributed by atoms with Crippen LogP contribution in [0.3, 0.4) is 0 Å². The Morgan fingerprint density at radius 3 is 2.82 bits per heavy atom. The van der Waals surface area contributed by atoms with Crippen LogP contribution in [-0.4, -0.2) is 39.0 Å². The Balaban J connectivity index is 1.94. The van der Waals surface area contributed by atoms with E-state index in [0.29, 0.717) is 6.04 Å². The molecule has 1 aromatic heterocycles. The van der Waals surface area contributed by atoms with Gasteiger partial charge in [0, 0.05) is 25.8 Å². The number of hydrogen-bond acceptors (Lipinski definition) is 3. The molecule has 0 spiro atoms.